The summed E-state index contributed by atoms with van der Waals surface area (Å²) < 4.78 is 20.8. The summed E-state index contributed by atoms with van der Waals surface area (Å²) in [6, 6.07) is 18.0. The maximum absolute atomic E-state index is 14.2. The smallest absolute Gasteiger partial charge is 0.258 e. The Morgan fingerprint density at radius 2 is 1.97 bits per heavy atom. The predicted octanol–water partition coefficient (Wildman–Crippen LogP) is 6.57. The molecule has 2 aliphatic heterocycles. The number of carbonyl (C=O) groups excluding carboxylic acids is 1. The normalized spacial score (nSPS) is 15.1. The Balaban J connectivity index is 1.37. The highest BCUT2D eigenvalue weighted by atomic mass is 127. The van der Waals surface area contributed by atoms with Gasteiger partial charge in [0.2, 0.25) is 0 Å². The van der Waals surface area contributed by atoms with E-state index in [9.17, 15) is 9.18 Å². The van der Waals surface area contributed by atoms with E-state index in [1.165, 1.54) is 11.8 Å². The van der Waals surface area contributed by atoms with Crippen LogP contribution in [0.3, 0.4) is 0 Å². The lowest BCUT2D eigenvalue weighted by Crippen LogP contribution is -2.22. The fourth-order valence-electron chi connectivity index (χ4n) is 4.26. The number of allylic oxidation sites excluding steroid dienone is 1. The quantitative estimate of drug-likeness (QED) is 0.328. The van der Waals surface area contributed by atoms with Gasteiger partial charge in [-0.15, -0.1) is 0 Å². The molecule has 3 aromatic rings. The Kier molecular flexibility index (Phi) is 6.12. The van der Waals surface area contributed by atoms with E-state index in [1.807, 2.05) is 38.2 Å². The number of hydrogen-bond acceptors (Lipinski definition) is 4. The van der Waals surface area contributed by atoms with Crippen molar-refractivity contribution in [3.05, 3.63) is 93.0 Å². The third-order valence-corrected chi connectivity index (χ3v) is 6.74. The van der Waals surface area contributed by atoms with Crippen LogP contribution in [0.5, 0.6) is 11.5 Å². The number of hydrogen-bond donors (Lipinski definition) is 0. The second-order valence-corrected chi connectivity index (χ2v) is 9.62. The molecule has 0 unspecified atom stereocenters. The summed E-state index contributed by atoms with van der Waals surface area (Å²) in [5.74, 6) is 0.149. The molecule has 172 valence electrons. The molecule has 2 aliphatic rings. The van der Waals surface area contributed by atoms with Crippen molar-refractivity contribution in [3.8, 4) is 11.5 Å². The van der Waals surface area contributed by atoms with Crippen molar-refractivity contribution in [1.82, 2.24) is 0 Å². The Labute approximate surface area is 211 Å². The Morgan fingerprint density at radius 3 is 2.76 bits per heavy atom. The summed E-state index contributed by atoms with van der Waals surface area (Å²) in [5.41, 5.74) is 5.67. The van der Waals surface area contributed by atoms with Gasteiger partial charge < -0.3 is 14.5 Å². The first kappa shape index (κ1) is 22.6. The largest absolute Gasteiger partial charge is 0.454 e. The van der Waals surface area contributed by atoms with Crippen LogP contribution in [0, 0.1) is 9.39 Å². The lowest BCUT2D eigenvalue weighted by Gasteiger charge is -2.25. The zero-order valence-electron chi connectivity index (χ0n) is 18.9. The van der Waals surface area contributed by atoms with Crippen molar-refractivity contribution < 1.29 is 13.9 Å². The van der Waals surface area contributed by atoms with Crippen molar-refractivity contribution in [2.24, 2.45) is 4.99 Å². The van der Waals surface area contributed by atoms with Crippen LogP contribution in [0.25, 0.3) is 0 Å². The van der Waals surface area contributed by atoms with Gasteiger partial charge in [-0.05, 0) is 89.7 Å². The highest BCUT2D eigenvalue weighted by Gasteiger charge is 2.29. The van der Waals surface area contributed by atoms with Crippen LogP contribution >= 0.6 is 22.6 Å². The zero-order valence-corrected chi connectivity index (χ0v) is 21.0. The monoisotopic (exact) mass is 567 g/mol. The SMILES string of the molecule is CC1=NCCC(N(C)c2ccc3c(c2)CN(c2cccc(Oc4ccc(I)cc4F)c2)C3=O)=C1. The lowest BCUT2D eigenvalue weighted by atomic mass is 10.1. The Hall–Kier alpha value is -3.20. The number of benzene rings is 3. The zero-order chi connectivity index (χ0) is 23.8. The molecule has 7 heteroatoms. The van der Waals surface area contributed by atoms with Gasteiger partial charge in [0.1, 0.15) is 5.75 Å². The summed E-state index contributed by atoms with van der Waals surface area (Å²) in [5, 5.41) is 0. The summed E-state index contributed by atoms with van der Waals surface area (Å²) in [7, 11) is 2.05. The number of rotatable bonds is 5. The maximum atomic E-state index is 14.2. The highest BCUT2D eigenvalue weighted by molar-refractivity contribution is 14.1. The molecule has 5 nitrogen and oxygen atoms in total. The van der Waals surface area contributed by atoms with Gasteiger partial charge in [0.25, 0.3) is 5.91 Å². The number of dihydropyridines is 1. The van der Waals surface area contributed by atoms with E-state index in [1.54, 1.807) is 29.2 Å². The standard InChI is InChI=1S/C27H23FIN3O2/c1-17-12-21(10-11-30-17)31(2)20-7-8-24-18(13-20)16-32(27(24)33)22-4-3-5-23(15-22)34-26-9-6-19(29)14-25(26)28/h3-9,12-15H,10-11,16H2,1-2H3. The molecule has 0 spiro atoms. The van der Waals surface area contributed by atoms with Crippen LogP contribution in [0.2, 0.25) is 0 Å². The Bertz CT molecular complexity index is 1350. The molecule has 5 rings (SSSR count). The summed E-state index contributed by atoms with van der Waals surface area (Å²) >= 11 is 2.06. The molecule has 0 fully saturated rings. The van der Waals surface area contributed by atoms with E-state index in [0.29, 0.717) is 23.5 Å². The first-order chi connectivity index (χ1) is 16.4. The van der Waals surface area contributed by atoms with Crippen molar-refractivity contribution in [2.45, 2.75) is 19.9 Å². The van der Waals surface area contributed by atoms with E-state index >= 15 is 0 Å². The van der Waals surface area contributed by atoms with Crippen LogP contribution in [0.4, 0.5) is 15.8 Å². The predicted molar refractivity (Wildman–Crippen MR) is 142 cm³/mol. The van der Waals surface area contributed by atoms with Crippen LogP contribution < -0.4 is 14.5 Å². The van der Waals surface area contributed by atoms with Crippen molar-refractivity contribution >= 4 is 45.6 Å². The third-order valence-electron chi connectivity index (χ3n) is 6.07. The van der Waals surface area contributed by atoms with Gasteiger partial charge >= 0.3 is 0 Å². The number of nitrogens with zero attached hydrogens (tertiary/aromatic N) is 3. The van der Waals surface area contributed by atoms with Crippen LogP contribution in [0.1, 0.15) is 29.3 Å². The number of amides is 1. The van der Waals surface area contributed by atoms with E-state index < -0.39 is 5.82 Å². The number of anilines is 2. The summed E-state index contributed by atoms with van der Waals surface area (Å²) in [6.45, 7) is 3.28. The third kappa shape index (κ3) is 4.44. The van der Waals surface area contributed by atoms with Gasteiger partial charge in [0.15, 0.2) is 11.6 Å². The minimum absolute atomic E-state index is 0.0540. The minimum Gasteiger partial charge on any atom is -0.454 e. The second-order valence-electron chi connectivity index (χ2n) is 8.37. The number of fused-ring (bicyclic) bond motifs is 1. The molecule has 0 N–H and O–H groups in total. The average Bonchev–Trinajstić information content (AvgIpc) is 3.16. The van der Waals surface area contributed by atoms with Gasteiger partial charge in [0, 0.05) is 58.0 Å². The summed E-state index contributed by atoms with van der Waals surface area (Å²) in [4.78, 5) is 21.5. The van der Waals surface area contributed by atoms with Crippen molar-refractivity contribution in [3.63, 3.8) is 0 Å². The number of carbonyl (C=O) groups is 1. The minimum atomic E-state index is -0.423. The van der Waals surface area contributed by atoms with E-state index in [-0.39, 0.29) is 11.7 Å². The van der Waals surface area contributed by atoms with E-state index in [2.05, 4.69) is 44.6 Å². The van der Waals surface area contributed by atoms with Gasteiger partial charge in [0.05, 0.1) is 6.54 Å². The molecule has 3 aromatic carbocycles. The number of ether oxygens (including phenoxy) is 1. The van der Waals surface area contributed by atoms with Crippen LogP contribution in [-0.2, 0) is 6.54 Å². The Morgan fingerprint density at radius 1 is 1.12 bits per heavy atom. The van der Waals surface area contributed by atoms with Gasteiger partial charge in [-0.25, -0.2) is 4.39 Å². The molecular weight excluding hydrogens is 544 g/mol. The molecule has 2 heterocycles. The lowest BCUT2D eigenvalue weighted by molar-refractivity contribution is 0.0996. The molecule has 0 saturated heterocycles. The van der Waals surface area contributed by atoms with Crippen LogP contribution in [0.15, 0.2) is 77.4 Å². The van der Waals surface area contributed by atoms with Gasteiger partial charge in [-0.3, -0.25) is 9.79 Å². The van der Waals surface area contributed by atoms with Crippen LogP contribution in [-0.4, -0.2) is 25.2 Å². The second kappa shape index (κ2) is 9.21. The molecule has 0 atom stereocenters. The fourth-order valence-corrected chi connectivity index (χ4v) is 4.71. The van der Waals surface area contributed by atoms with Crippen molar-refractivity contribution in [2.75, 3.05) is 23.4 Å². The molecule has 0 aromatic heterocycles. The molecule has 1 amide bonds. The van der Waals surface area contributed by atoms with Gasteiger partial charge in [-0.2, -0.15) is 0 Å². The molecule has 34 heavy (non-hydrogen) atoms. The molecule has 0 saturated carbocycles. The van der Waals surface area contributed by atoms with E-state index in [4.69, 9.17) is 4.74 Å². The number of aliphatic imine (C=N–C) groups is 1. The fraction of sp³-hybridized carbons (Fsp3) is 0.185. The molecule has 0 aliphatic carbocycles. The van der Waals surface area contributed by atoms with Gasteiger partial charge in [-0.1, -0.05) is 6.07 Å². The average molecular weight is 567 g/mol. The first-order valence-electron chi connectivity index (χ1n) is 11.0. The first-order valence-corrected chi connectivity index (χ1v) is 12.1. The highest BCUT2D eigenvalue weighted by Crippen LogP contribution is 2.34. The topological polar surface area (TPSA) is 45.1 Å². The van der Waals surface area contributed by atoms with E-state index in [0.717, 1.165) is 33.5 Å². The molecule has 0 bridgehead atoms. The number of halogens is 2. The molecular formula is C27H23FIN3O2. The molecule has 0 radical (unpaired) electrons. The van der Waals surface area contributed by atoms with Crippen molar-refractivity contribution in [1.29, 1.82) is 0 Å². The maximum Gasteiger partial charge on any atom is 0.258 e. The summed E-state index contributed by atoms with van der Waals surface area (Å²) in [6.07, 6.45) is 3.00.